The fraction of sp³-hybridized carbons (Fsp3) is 0.833. The Morgan fingerprint density at radius 1 is 1.29 bits per heavy atom. The van der Waals surface area contributed by atoms with Gasteiger partial charge in [0.05, 0.1) is 12.2 Å². The highest BCUT2D eigenvalue weighted by Crippen LogP contribution is 2.21. The largest absolute Gasteiger partial charge is 0.314 e. The fourth-order valence-electron chi connectivity index (χ4n) is 2.39. The maximum atomic E-state index is 4.13. The van der Waals surface area contributed by atoms with Gasteiger partial charge in [-0.05, 0) is 18.9 Å². The van der Waals surface area contributed by atoms with Gasteiger partial charge in [-0.25, -0.2) is 0 Å². The van der Waals surface area contributed by atoms with Gasteiger partial charge in [-0.3, -0.25) is 4.68 Å². The van der Waals surface area contributed by atoms with E-state index in [2.05, 4.69) is 34.4 Å². The second-order valence-electron chi connectivity index (χ2n) is 5.22. The summed E-state index contributed by atoms with van der Waals surface area (Å²) >= 11 is 0. The van der Waals surface area contributed by atoms with Crippen LogP contribution in [0.25, 0.3) is 0 Å². The zero-order valence-corrected chi connectivity index (χ0v) is 11.1. The average Bonchev–Trinajstić information content (AvgIpc) is 2.85. The van der Waals surface area contributed by atoms with E-state index in [0.29, 0.717) is 0 Å². The van der Waals surface area contributed by atoms with Crippen LogP contribution in [0.4, 0.5) is 0 Å². The number of hydrogen-bond acceptors (Lipinski definition) is 4. The van der Waals surface area contributed by atoms with Crippen molar-refractivity contribution in [3.63, 3.8) is 0 Å². The summed E-state index contributed by atoms with van der Waals surface area (Å²) in [5.74, 6) is 1.65. The maximum absolute atomic E-state index is 4.13. The molecule has 0 saturated carbocycles. The van der Waals surface area contributed by atoms with E-state index in [1.54, 1.807) is 0 Å². The molecular weight excluding hydrogens is 214 g/mol. The summed E-state index contributed by atoms with van der Waals surface area (Å²) in [6.07, 6.45) is 2.03. The van der Waals surface area contributed by atoms with Gasteiger partial charge in [-0.2, -0.15) is 0 Å². The van der Waals surface area contributed by atoms with Crippen molar-refractivity contribution in [2.75, 3.05) is 26.7 Å². The Kier molecular flexibility index (Phi) is 4.12. The Morgan fingerprint density at radius 2 is 2.00 bits per heavy atom. The molecule has 2 atom stereocenters. The van der Waals surface area contributed by atoms with Crippen LogP contribution in [0.5, 0.6) is 0 Å². The minimum absolute atomic E-state index is 0.789. The second kappa shape index (κ2) is 5.60. The smallest absolute Gasteiger partial charge is 0.0964 e. The Morgan fingerprint density at radius 3 is 2.65 bits per heavy atom. The van der Waals surface area contributed by atoms with Gasteiger partial charge in [0.15, 0.2) is 0 Å². The topological polar surface area (TPSA) is 46.0 Å². The van der Waals surface area contributed by atoms with E-state index in [4.69, 9.17) is 0 Å². The van der Waals surface area contributed by atoms with Gasteiger partial charge < -0.3 is 10.2 Å². The lowest BCUT2D eigenvalue weighted by molar-refractivity contribution is 0.301. The first kappa shape index (κ1) is 12.5. The number of nitrogens with zero attached hydrogens (tertiary/aromatic N) is 4. The molecule has 1 fully saturated rings. The van der Waals surface area contributed by atoms with Crippen LogP contribution in [-0.4, -0.2) is 46.6 Å². The van der Waals surface area contributed by atoms with Crippen LogP contribution >= 0.6 is 0 Å². The molecule has 17 heavy (non-hydrogen) atoms. The van der Waals surface area contributed by atoms with Crippen molar-refractivity contribution >= 4 is 0 Å². The van der Waals surface area contributed by atoms with E-state index in [1.165, 1.54) is 13.1 Å². The first-order valence-corrected chi connectivity index (χ1v) is 6.45. The van der Waals surface area contributed by atoms with E-state index >= 15 is 0 Å². The molecule has 96 valence electrons. The predicted molar refractivity (Wildman–Crippen MR) is 67.6 cm³/mol. The molecule has 0 aliphatic carbocycles. The van der Waals surface area contributed by atoms with Crippen LogP contribution < -0.4 is 5.32 Å². The average molecular weight is 237 g/mol. The van der Waals surface area contributed by atoms with Gasteiger partial charge in [0.2, 0.25) is 0 Å². The van der Waals surface area contributed by atoms with Gasteiger partial charge >= 0.3 is 0 Å². The normalized spacial score (nSPS) is 25.6. The van der Waals surface area contributed by atoms with E-state index in [-0.39, 0.29) is 0 Å². The zero-order chi connectivity index (χ0) is 12.3. The molecule has 1 aliphatic heterocycles. The predicted octanol–water partition coefficient (Wildman–Crippen LogP) is 0.585. The maximum Gasteiger partial charge on any atom is 0.0964 e. The van der Waals surface area contributed by atoms with E-state index in [1.807, 2.05) is 17.9 Å². The molecule has 0 aromatic carbocycles. The van der Waals surface area contributed by atoms with Crippen molar-refractivity contribution < 1.29 is 0 Å². The first-order valence-electron chi connectivity index (χ1n) is 6.45. The number of rotatable bonds is 5. The van der Waals surface area contributed by atoms with Crippen LogP contribution in [0.3, 0.4) is 0 Å². The standard InChI is InChI=1S/C12H23N5/c1-10-7-16(8-11(10)2)4-5-17-9-12(6-13-3)14-15-17/h9-11,13H,4-8H2,1-3H3. The molecule has 1 N–H and O–H groups in total. The highest BCUT2D eigenvalue weighted by atomic mass is 15.4. The van der Waals surface area contributed by atoms with Gasteiger partial charge in [0.25, 0.3) is 0 Å². The van der Waals surface area contributed by atoms with Gasteiger partial charge in [-0.15, -0.1) is 5.10 Å². The van der Waals surface area contributed by atoms with E-state index < -0.39 is 0 Å². The summed E-state index contributed by atoms with van der Waals surface area (Å²) in [6, 6.07) is 0. The van der Waals surface area contributed by atoms with Crippen molar-refractivity contribution in [2.24, 2.45) is 11.8 Å². The molecule has 2 heterocycles. The Labute approximate surface area is 103 Å². The molecular formula is C12H23N5. The minimum atomic E-state index is 0.789. The molecule has 1 saturated heterocycles. The molecule has 5 nitrogen and oxygen atoms in total. The first-order chi connectivity index (χ1) is 8.19. The molecule has 1 aliphatic rings. The molecule has 2 unspecified atom stereocenters. The van der Waals surface area contributed by atoms with Crippen molar-refractivity contribution in [1.29, 1.82) is 0 Å². The monoisotopic (exact) mass is 237 g/mol. The summed E-state index contributed by atoms with van der Waals surface area (Å²) in [4.78, 5) is 2.52. The summed E-state index contributed by atoms with van der Waals surface area (Å²) in [7, 11) is 1.92. The van der Waals surface area contributed by atoms with Crippen molar-refractivity contribution in [1.82, 2.24) is 25.2 Å². The van der Waals surface area contributed by atoms with E-state index in [9.17, 15) is 0 Å². The molecule has 0 bridgehead atoms. The molecule has 0 radical (unpaired) electrons. The number of likely N-dealkylation sites (tertiary alicyclic amines) is 1. The molecule has 0 amide bonds. The third kappa shape index (κ3) is 3.26. The lowest BCUT2D eigenvalue weighted by atomic mass is 10.0. The fourth-order valence-corrected chi connectivity index (χ4v) is 2.39. The lowest BCUT2D eigenvalue weighted by Gasteiger charge is -2.14. The summed E-state index contributed by atoms with van der Waals surface area (Å²) in [6.45, 7) is 9.93. The SMILES string of the molecule is CNCc1cn(CCN2CC(C)C(C)C2)nn1. The van der Waals surface area contributed by atoms with Crippen molar-refractivity contribution in [3.8, 4) is 0 Å². The number of nitrogens with one attached hydrogen (secondary N) is 1. The molecule has 5 heteroatoms. The molecule has 1 aromatic rings. The Balaban J connectivity index is 1.77. The second-order valence-corrected chi connectivity index (χ2v) is 5.22. The Bertz CT molecular complexity index is 338. The van der Waals surface area contributed by atoms with Crippen molar-refractivity contribution in [2.45, 2.75) is 26.9 Å². The highest BCUT2D eigenvalue weighted by Gasteiger charge is 2.25. The molecule has 0 spiro atoms. The third-order valence-electron chi connectivity index (χ3n) is 3.65. The van der Waals surface area contributed by atoms with Gasteiger partial charge in [0, 0.05) is 32.4 Å². The zero-order valence-electron chi connectivity index (χ0n) is 11.1. The van der Waals surface area contributed by atoms with Gasteiger partial charge in [-0.1, -0.05) is 19.1 Å². The third-order valence-corrected chi connectivity index (χ3v) is 3.65. The quantitative estimate of drug-likeness (QED) is 0.814. The number of aromatic nitrogens is 3. The summed E-state index contributed by atoms with van der Waals surface area (Å²) in [5, 5.41) is 11.3. The molecule has 1 aromatic heterocycles. The van der Waals surface area contributed by atoms with Crippen LogP contribution in [-0.2, 0) is 13.1 Å². The van der Waals surface area contributed by atoms with Crippen LogP contribution in [0.1, 0.15) is 19.5 Å². The van der Waals surface area contributed by atoms with Crippen LogP contribution in [0.15, 0.2) is 6.20 Å². The van der Waals surface area contributed by atoms with Crippen LogP contribution in [0, 0.1) is 11.8 Å². The molecule has 2 rings (SSSR count). The van der Waals surface area contributed by atoms with Crippen molar-refractivity contribution in [3.05, 3.63) is 11.9 Å². The number of hydrogen-bond donors (Lipinski definition) is 1. The highest BCUT2D eigenvalue weighted by molar-refractivity contribution is 4.91. The lowest BCUT2D eigenvalue weighted by Crippen LogP contribution is -2.25. The summed E-state index contributed by atoms with van der Waals surface area (Å²) in [5.41, 5.74) is 1.01. The van der Waals surface area contributed by atoms with E-state index in [0.717, 1.165) is 37.2 Å². The van der Waals surface area contributed by atoms with Crippen LogP contribution in [0.2, 0.25) is 0 Å². The van der Waals surface area contributed by atoms with Gasteiger partial charge in [0.1, 0.15) is 0 Å². The Hall–Kier alpha value is -0.940. The summed E-state index contributed by atoms with van der Waals surface area (Å²) < 4.78 is 1.94. The minimum Gasteiger partial charge on any atom is -0.314 e.